The van der Waals surface area contributed by atoms with E-state index in [4.69, 9.17) is 14.3 Å². The van der Waals surface area contributed by atoms with Crippen molar-refractivity contribution in [3.8, 4) is 0 Å². The van der Waals surface area contributed by atoms with Crippen LogP contribution in [0.4, 0.5) is 0 Å². The lowest BCUT2D eigenvalue weighted by molar-refractivity contribution is -0.159. The first kappa shape index (κ1) is 17.3. The third kappa shape index (κ3) is 9.93. The predicted molar refractivity (Wildman–Crippen MR) is 75.6 cm³/mol. The molecule has 2 atom stereocenters. The molecule has 104 valence electrons. The Morgan fingerprint density at radius 1 is 1.24 bits per heavy atom. The van der Waals surface area contributed by atoms with Crippen molar-refractivity contribution in [3.63, 3.8) is 0 Å². The molecule has 2 N–H and O–H groups in total. The lowest BCUT2D eigenvalue weighted by atomic mass is 10.4. The first-order valence-electron chi connectivity index (χ1n) is 6.34. The average Bonchev–Trinajstić information content (AvgIpc) is 2.19. The first-order chi connectivity index (χ1) is 7.76. The van der Waals surface area contributed by atoms with E-state index in [1.165, 1.54) is 6.04 Å². The third-order valence-corrected chi connectivity index (χ3v) is 4.68. The van der Waals surface area contributed by atoms with E-state index in [9.17, 15) is 5.11 Å². The molecule has 0 fully saturated rings. The molecule has 17 heavy (non-hydrogen) atoms. The number of ether oxygens (including phenoxy) is 1. The van der Waals surface area contributed by atoms with Crippen LogP contribution in [0.5, 0.6) is 0 Å². The predicted octanol–water partition coefficient (Wildman–Crippen LogP) is 1.41. The van der Waals surface area contributed by atoms with Crippen LogP contribution in [0.25, 0.3) is 0 Å². The highest BCUT2D eigenvalue weighted by molar-refractivity contribution is 6.69. The van der Waals surface area contributed by atoms with Crippen LogP contribution in [-0.4, -0.2) is 52.9 Å². The highest BCUT2D eigenvalue weighted by Crippen LogP contribution is 2.12. The van der Waals surface area contributed by atoms with Crippen molar-refractivity contribution in [2.24, 2.45) is 0 Å². The molecule has 0 saturated heterocycles. The van der Waals surface area contributed by atoms with Gasteiger partial charge >= 0.3 is 0 Å². The van der Waals surface area contributed by atoms with Gasteiger partial charge in [0.25, 0.3) is 0 Å². The first-order valence-corrected chi connectivity index (χ1v) is 12.9. The smallest absolute Gasteiger partial charge is 0.187 e. The topological polar surface area (TPSA) is 58.9 Å². The van der Waals surface area contributed by atoms with E-state index in [1.54, 1.807) is 0 Å². The van der Waals surface area contributed by atoms with E-state index >= 15 is 0 Å². The lowest BCUT2D eigenvalue weighted by Crippen LogP contribution is -2.42. The van der Waals surface area contributed by atoms with Crippen molar-refractivity contribution in [1.82, 2.24) is 0 Å². The van der Waals surface area contributed by atoms with Gasteiger partial charge in [-0.2, -0.15) is 0 Å². The molecule has 4 nitrogen and oxygen atoms in total. The lowest BCUT2D eigenvalue weighted by Gasteiger charge is -2.29. The van der Waals surface area contributed by atoms with Crippen LogP contribution in [0.15, 0.2) is 0 Å². The maximum absolute atomic E-state index is 9.62. The summed E-state index contributed by atoms with van der Waals surface area (Å²) in [5.41, 5.74) is 0. The summed E-state index contributed by atoms with van der Waals surface area (Å²) in [5, 5.41) is 18.6. The van der Waals surface area contributed by atoms with E-state index < -0.39 is 29.5 Å². The zero-order valence-corrected chi connectivity index (χ0v) is 13.9. The van der Waals surface area contributed by atoms with Gasteiger partial charge in [-0.1, -0.05) is 19.1 Å². The van der Waals surface area contributed by atoms with Gasteiger partial charge in [-0.3, -0.25) is 0 Å². The molecule has 0 aromatic carbocycles. The zero-order valence-electron chi connectivity index (χ0n) is 11.8. The van der Waals surface area contributed by atoms with Crippen LogP contribution in [0, 0.1) is 0 Å². The summed E-state index contributed by atoms with van der Waals surface area (Å²) in [6, 6.07) is 1.23. The molecule has 0 heterocycles. The van der Waals surface area contributed by atoms with Crippen molar-refractivity contribution in [3.05, 3.63) is 0 Å². The number of hydrogen-bond acceptors (Lipinski definition) is 4. The van der Waals surface area contributed by atoms with E-state index in [0.29, 0.717) is 6.61 Å². The Morgan fingerprint density at radius 3 is 2.24 bits per heavy atom. The average molecular weight is 281 g/mol. The van der Waals surface area contributed by atoms with Crippen LogP contribution in [-0.2, 0) is 9.16 Å². The molecule has 0 radical (unpaired) electrons. The maximum atomic E-state index is 9.62. The second-order valence-electron chi connectivity index (χ2n) is 5.76. The van der Waals surface area contributed by atoms with Gasteiger partial charge in [0.2, 0.25) is 0 Å². The summed E-state index contributed by atoms with van der Waals surface area (Å²) < 4.78 is 11.3. The third-order valence-electron chi connectivity index (χ3n) is 2.18. The SMILES string of the molecule is C[SiH](C)CCCOC(O[Si](C)(C)C)C(O)CO. The Balaban J connectivity index is 4.03. The van der Waals surface area contributed by atoms with Crippen molar-refractivity contribution in [1.29, 1.82) is 0 Å². The number of aliphatic hydroxyl groups is 2. The fourth-order valence-corrected chi connectivity index (χ4v) is 3.25. The molecule has 6 heteroatoms. The molecule has 0 amide bonds. The molecule has 0 spiro atoms. The summed E-state index contributed by atoms with van der Waals surface area (Å²) in [6.07, 6.45) is -0.619. The van der Waals surface area contributed by atoms with E-state index in [0.717, 1.165) is 6.42 Å². The molecule has 0 aliphatic carbocycles. The van der Waals surface area contributed by atoms with Gasteiger partial charge in [0.05, 0.1) is 6.61 Å². The van der Waals surface area contributed by atoms with E-state index in [1.807, 2.05) is 19.6 Å². The van der Waals surface area contributed by atoms with Crippen LogP contribution >= 0.6 is 0 Å². The number of hydrogen-bond donors (Lipinski definition) is 2. The van der Waals surface area contributed by atoms with E-state index in [2.05, 4.69) is 13.1 Å². The molecule has 0 aliphatic rings. The van der Waals surface area contributed by atoms with Crippen molar-refractivity contribution in [2.75, 3.05) is 13.2 Å². The summed E-state index contributed by atoms with van der Waals surface area (Å²) in [5.74, 6) is 0. The monoisotopic (exact) mass is 280 g/mol. The molecule has 0 aromatic rings. The van der Waals surface area contributed by atoms with Gasteiger partial charge in [0, 0.05) is 15.4 Å². The Morgan fingerprint density at radius 2 is 1.82 bits per heavy atom. The van der Waals surface area contributed by atoms with Crippen LogP contribution in [0.1, 0.15) is 6.42 Å². The number of rotatable bonds is 9. The van der Waals surface area contributed by atoms with Crippen molar-refractivity contribution >= 4 is 17.1 Å². The molecule has 0 rings (SSSR count). The molecule has 0 bridgehead atoms. The summed E-state index contributed by atoms with van der Waals surface area (Å²) >= 11 is 0. The summed E-state index contributed by atoms with van der Waals surface area (Å²) in [6.45, 7) is 11.0. The molecule has 0 aliphatic heterocycles. The van der Waals surface area contributed by atoms with Gasteiger partial charge in [0.1, 0.15) is 6.10 Å². The van der Waals surface area contributed by atoms with Gasteiger partial charge < -0.3 is 19.4 Å². The second-order valence-corrected chi connectivity index (χ2v) is 13.6. The zero-order chi connectivity index (χ0) is 13.5. The minimum Gasteiger partial charge on any atom is -0.393 e. The minimum absolute atomic E-state index is 0.325. The number of aliphatic hydroxyl groups excluding tert-OH is 2. The summed E-state index contributed by atoms with van der Waals surface area (Å²) in [4.78, 5) is 0. The van der Waals surface area contributed by atoms with Crippen molar-refractivity contribution < 1.29 is 19.4 Å². The Hall–Kier alpha value is 0.274. The Bertz CT molecular complexity index is 194. The van der Waals surface area contributed by atoms with Crippen molar-refractivity contribution in [2.45, 2.75) is 57.6 Å². The molecule has 0 aromatic heterocycles. The molecular formula is C11H28O4Si2. The fourth-order valence-electron chi connectivity index (χ4n) is 1.35. The van der Waals surface area contributed by atoms with Crippen LogP contribution in [0.3, 0.4) is 0 Å². The molecule has 2 unspecified atom stereocenters. The highest BCUT2D eigenvalue weighted by Gasteiger charge is 2.27. The van der Waals surface area contributed by atoms with E-state index in [-0.39, 0.29) is 6.61 Å². The molecular weight excluding hydrogens is 252 g/mol. The van der Waals surface area contributed by atoms with Crippen LogP contribution < -0.4 is 0 Å². The normalized spacial score (nSPS) is 16.2. The van der Waals surface area contributed by atoms with Crippen LogP contribution in [0.2, 0.25) is 38.8 Å². The summed E-state index contributed by atoms with van der Waals surface area (Å²) in [7, 11) is -2.30. The quantitative estimate of drug-likeness (QED) is 0.381. The second kappa shape index (κ2) is 8.39. The molecule has 0 saturated carbocycles. The van der Waals surface area contributed by atoms with Gasteiger partial charge in [-0.25, -0.2) is 0 Å². The standard InChI is InChI=1S/C11H28O4Si2/c1-16(2)8-6-7-14-11(10(13)9-12)15-17(3,4)5/h10-13,16H,6-9H2,1-5H3. The Kier molecular flexibility index (Phi) is 8.52. The highest BCUT2D eigenvalue weighted by atomic mass is 28.4. The van der Waals surface area contributed by atoms with Gasteiger partial charge in [-0.15, -0.1) is 0 Å². The van der Waals surface area contributed by atoms with Gasteiger partial charge in [0.15, 0.2) is 14.6 Å². The van der Waals surface area contributed by atoms with Gasteiger partial charge in [-0.05, 0) is 26.1 Å². The Labute approximate surface area is 108 Å². The minimum atomic E-state index is -1.77. The fraction of sp³-hybridized carbons (Fsp3) is 1.00. The largest absolute Gasteiger partial charge is 0.393 e. The maximum Gasteiger partial charge on any atom is 0.187 e.